The van der Waals surface area contributed by atoms with Crippen molar-refractivity contribution in [2.24, 2.45) is 0 Å². The highest BCUT2D eigenvalue weighted by Gasteiger charge is 2.36. The van der Waals surface area contributed by atoms with E-state index in [0.717, 1.165) is 0 Å². The van der Waals surface area contributed by atoms with Crippen molar-refractivity contribution in [3.63, 3.8) is 0 Å². The molecule has 1 rings (SSSR count). The number of aliphatic carboxylic acids is 1. The Labute approximate surface area is 100 Å². The lowest BCUT2D eigenvalue weighted by atomic mass is 9.91. The quantitative estimate of drug-likeness (QED) is 0.852. The Morgan fingerprint density at radius 2 is 2.00 bits per heavy atom. The fourth-order valence-electron chi connectivity index (χ4n) is 1.70. The Hall–Kier alpha value is -1.06. The van der Waals surface area contributed by atoms with Crippen molar-refractivity contribution >= 4 is 17.6 Å². The van der Waals surface area contributed by atoms with Gasteiger partial charge in [-0.05, 0) is 26.8 Å². The van der Waals surface area contributed by atoms with Gasteiger partial charge in [0.25, 0.3) is 0 Å². The molecule has 0 radical (unpaired) electrons. The molecule has 3 nitrogen and oxygen atoms in total. The molecule has 0 amide bonds. The molecule has 1 aromatic rings. The maximum atomic E-state index is 11.4. The number of halogens is 1. The molecule has 1 atom stereocenters. The van der Waals surface area contributed by atoms with E-state index in [1.54, 1.807) is 31.2 Å². The Balaban J connectivity index is 3.22. The molecule has 0 heterocycles. The van der Waals surface area contributed by atoms with Gasteiger partial charge in [-0.25, -0.2) is 4.79 Å². The molecule has 0 fully saturated rings. The Morgan fingerprint density at radius 1 is 1.44 bits per heavy atom. The number of benzene rings is 1. The van der Waals surface area contributed by atoms with Crippen LogP contribution in [0.15, 0.2) is 24.3 Å². The summed E-state index contributed by atoms with van der Waals surface area (Å²) in [5, 5.41) is 12.8. The normalized spacial score (nSPS) is 14.8. The van der Waals surface area contributed by atoms with Gasteiger partial charge >= 0.3 is 5.97 Å². The van der Waals surface area contributed by atoms with Crippen molar-refractivity contribution in [2.45, 2.75) is 32.4 Å². The minimum atomic E-state index is -1.16. The number of carbonyl (C=O) groups is 1. The second kappa shape index (κ2) is 4.85. The molecule has 4 heteroatoms. The van der Waals surface area contributed by atoms with Gasteiger partial charge in [-0.2, -0.15) is 0 Å². The first-order chi connectivity index (χ1) is 7.38. The van der Waals surface area contributed by atoms with Crippen molar-refractivity contribution in [1.29, 1.82) is 0 Å². The van der Waals surface area contributed by atoms with Crippen LogP contribution in [0.1, 0.15) is 26.3 Å². The van der Waals surface area contributed by atoms with Gasteiger partial charge in [-0.3, -0.25) is 5.32 Å². The maximum Gasteiger partial charge on any atom is 0.328 e. The predicted octanol–water partition coefficient (Wildman–Crippen LogP) is 2.64. The van der Waals surface area contributed by atoms with Gasteiger partial charge in [0, 0.05) is 16.6 Å². The molecule has 0 aromatic heterocycles. The number of hydrogen-bond acceptors (Lipinski definition) is 2. The summed E-state index contributed by atoms with van der Waals surface area (Å²) in [6.45, 7) is 5.42. The average molecular weight is 242 g/mol. The molecule has 0 saturated carbocycles. The van der Waals surface area contributed by atoms with Crippen LogP contribution in [0, 0.1) is 0 Å². The Bertz CT molecular complexity index is 392. The third kappa shape index (κ3) is 2.54. The van der Waals surface area contributed by atoms with E-state index >= 15 is 0 Å². The first kappa shape index (κ1) is 13.0. The van der Waals surface area contributed by atoms with Gasteiger partial charge < -0.3 is 5.11 Å². The topological polar surface area (TPSA) is 49.3 Å². The van der Waals surface area contributed by atoms with E-state index < -0.39 is 11.5 Å². The number of rotatable bonds is 4. The van der Waals surface area contributed by atoms with Crippen LogP contribution < -0.4 is 5.32 Å². The summed E-state index contributed by atoms with van der Waals surface area (Å²) < 4.78 is 0. The molecule has 1 aromatic carbocycles. The van der Waals surface area contributed by atoms with Gasteiger partial charge in [0.15, 0.2) is 0 Å². The van der Waals surface area contributed by atoms with E-state index in [0.29, 0.717) is 10.6 Å². The van der Waals surface area contributed by atoms with Crippen LogP contribution in [0.4, 0.5) is 0 Å². The van der Waals surface area contributed by atoms with Crippen molar-refractivity contribution in [3.05, 3.63) is 34.9 Å². The summed E-state index contributed by atoms with van der Waals surface area (Å²) in [5.74, 6) is -0.936. The molecular weight excluding hydrogens is 226 g/mol. The van der Waals surface area contributed by atoms with Gasteiger partial charge in [-0.1, -0.05) is 29.8 Å². The lowest BCUT2D eigenvalue weighted by Crippen LogP contribution is -2.49. The van der Waals surface area contributed by atoms with E-state index in [-0.39, 0.29) is 6.04 Å². The molecule has 2 N–H and O–H groups in total. The Kier molecular flexibility index (Phi) is 3.94. The Morgan fingerprint density at radius 3 is 2.44 bits per heavy atom. The molecule has 0 aliphatic rings. The summed E-state index contributed by atoms with van der Waals surface area (Å²) in [7, 11) is 0. The lowest BCUT2D eigenvalue weighted by molar-refractivity contribution is -0.144. The first-order valence-electron chi connectivity index (χ1n) is 5.14. The smallest absolute Gasteiger partial charge is 0.328 e. The molecule has 0 aliphatic heterocycles. The molecule has 88 valence electrons. The van der Waals surface area contributed by atoms with Crippen molar-refractivity contribution in [3.8, 4) is 0 Å². The zero-order valence-electron chi connectivity index (χ0n) is 9.62. The van der Waals surface area contributed by atoms with Crippen molar-refractivity contribution < 1.29 is 9.90 Å². The fourth-order valence-corrected chi connectivity index (χ4v) is 2.02. The van der Waals surface area contributed by atoms with Crippen molar-refractivity contribution in [1.82, 2.24) is 5.32 Å². The van der Waals surface area contributed by atoms with E-state index in [2.05, 4.69) is 5.32 Å². The lowest BCUT2D eigenvalue weighted by Gasteiger charge is -2.29. The number of carboxylic acid groups (broad SMARTS) is 1. The molecule has 1 unspecified atom stereocenters. The molecular formula is C12H16ClNO2. The van der Waals surface area contributed by atoms with E-state index in [1.807, 2.05) is 13.8 Å². The zero-order chi connectivity index (χ0) is 12.3. The molecule has 0 saturated heterocycles. The van der Waals surface area contributed by atoms with Crippen LogP contribution in [0.25, 0.3) is 0 Å². The van der Waals surface area contributed by atoms with Gasteiger partial charge in [0.1, 0.15) is 5.54 Å². The van der Waals surface area contributed by atoms with E-state index in [1.165, 1.54) is 0 Å². The summed E-state index contributed by atoms with van der Waals surface area (Å²) in [6.07, 6.45) is 0. The van der Waals surface area contributed by atoms with Gasteiger partial charge in [-0.15, -0.1) is 0 Å². The zero-order valence-corrected chi connectivity index (χ0v) is 10.4. The van der Waals surface area contributed by atoms with Crippen LogP contribution in [-0.4, -0.2) is 17.1 Å². The van der Waals surface area contributed by atoms with Crippen LogP contribution in [0.5, 0.6) is 0 Å². The van der Waals surface area contributed by atoms with Gasteiger partial charge in [0.05, 0.1) is 0 Å². The van der Waals surface area contributed by atoms with Crippen LogP contribution in [0.2, 0.25) is 5.02 Å². The summed E-state index contributed by atoms with van der Waals surface area (Å²) in [6, 6.07) is 7.04. The highest BCUT2D eigenvalue weighted by molar-refractivity contribution is 6.31. The molecule has 0 bridgehead atoms. The monoisotopic (exact) mass is 241 g/mol. The number of nitrogens with one attached hydrogen (secondary N) is 1. The fraction of sp³-hybridized carbons (Fsp3) is 0.417. The second-order valence-electron chi connectivity index (χ2n) is 4.21. The SMILES string of the molecule is CC(C)NC(C)(C(=O)O)c1ccccc1Cl. The van der Waals surface area contributed by atoms with Crippen LogP contribution in [0.3, 0.4) is 0 Å². The molecule has 16 heavy (non-hydrogen) atoms. The summed E-state index contributed by atoms with van der Waals surface area (Å²) >= 11 is 6.03. The van der Waals surface area contributed by atoms with Crippen LogP contribution in [-0.2, 0) is 10.3 Å². The highest BCUT2D eigenvalue weighted by Crippen LogP contribution is 2.28. The number of carboxylic acids is 1. The van der Waals surface area contributed by atoms with Crippen LogP contribution >= 0.6 is 11.6 Å². The third-order valence-corrected chi connectivity index (χ3v) is 2.75. The minimum Gasteiger partial charge on any atom is -0.480 e. The number of hydrogen-bond donors (Lipinski definition) is 2. The third-order valence-electron chi connectivity index (χ3n) is 2.42. The van der Waals surface area contributed by atoms with E-state index in [9.17, 15) is 9.90 Å². The van der Waals surface area contributed by atoms with Gasteiger partial charge in [0.2, 0.25) is 0 Å². The standard InChI is InChI=1S/C12H16ClNO2/c1-8(2)14-12(3,11(15)16)9-6-4-5-7-10(9)13/h4-8,14H,1-3H3,(H,15,16). The first-order valence-corrected chi connectivity index (χ1v) is 5.52. The predicted molar refractivity (Wildman–Crippen MR) is 64.7 cm³/mol. The average Bonchev–Trinajstić information content (AvgIpc) is 2.16. The highest BCUT2D eigenvalue weighted by atomic mass is 35.5. The maximum absolute atomic E-state index is 11.4. The summed E-state index contributed by atoms with van der Waals surface area (Å²) in [4.78, 5) is 11.4. The molecule has 0 aliphatic carbocycles. The molecule has 0 spiro atoms. The van der Waals surface area contributed by atoms with Crippen molar-refractivity contribution in [2.75, 3.05) is 0 Å². The minimum absolute atomic E-state index is 0.0531. The summed E-state index contributed by atoms with van der Waals surface area (Å²) in [5.41, 5.74) is -0.579. The largest absolute Gasteiger partial charge is 0.480 e. The second-order valence-corrected chi connectivity index (χ2v) is 4.62. The van der Waals surface area contributed by atoms with E-state index in [4.69, 9.17) is 11.6 Å².